The Balaban J connectivity index is 2.77. The second kappa shape index (κ2) is 3.91. The predicted octanol–water partition coefficient (Wildman–Crippen LogP) is 2.52. The fourth-order valence-electron chi connectivity index (χ4n) is 2.28. The van der Waals surface area contributed by atoms with Crippen molar-refractivity contribution in [3.05, 3.63) is 34.7 Å². The highest BCUT2D eigenvalue weighted by Crippen LogP contribution is 2.34. The van der Waals surface area contributed by atoms with E-state index in [9.17, 15) is 8.42 Å². The molecule has 0 spiro atoms. The molecule has 0 fully saturated rings. The number of fused-ring (bicyclic) bond motifs is 1. The molecule has 0 unspecified atom stereocenters. The lowest BCUT2D eigenvalue weighted by Gasteiger charge is -2.19. The molecule has 0 saturated heterocycles. The summed E-state index contributed by atoms with van der Waals surface area (Å²) in [6, 6.07) is 3.53. The van der Waals surface area contributed by atoms with E-state index in [1.54, 1.807) is 6.07 Å². The van der Waals surface area contributed by atoms with Gasteiger partial charge in [0.25, 0.3) is 0 Å². The number of hydrogen-bond donors (Lipinski definition) is 0. The maximum Gasteiger partial charge on any atom is 0.205 e. The molecule has 0 amide bonds. The van der Waals surface area contributed by atoms with Crippen LogP contribution in [-0.4, -0.2) is 14.7 Å². The highest BCUT2D eigenvalue weighted by Gasteiger charge is 2.22. The average Bonchev–Trinajstić information content (AvgIpc) is 2.26. The molecule has 1 aromatic carbocycles. The van der Waals surface area contributed by atoms with Gasteiger partial charge in [-0.05, 0) is 36.8 Å². The average molecular weight is 235 g/mol. The Morgan fingerprint density at radius 1 is 1.25 bits per heavy atom. The van der Waals surface area contributed by atoms with Gasteiger partial charge < -0.3 is 0 Å². The summed E-state index contributed by atoms with van der Waals surface area (Å²) in [5, 5.41) is 0. The summed E-state index contributed by atoms with van der Waals surface area (Å²) in [6.45, 7) is 7.04. The van der Waals surface area contributed by atoms with E-state index in [1.165, 1.54) is 6.26 Å². The Hall–Kier alpha value is -1.34. The third-order valence-corrected chi connectivity index (χ3v) is 4.15. The van der Waals surface area contributed by atoms with Gasteiger partial charge in [0.1, 0.15) is 0 Å². The Morgan fingerprint density at radius 2 is 1.94 bits per heavy atom. The van der Waals surface area contributed by atoms with Gasteiger partial charge in [-0.25, -0.2) is 13.3 Å². The minimum atomic E-state index is -3.30. The second-order valence-electron chi connectivity index (χ2n) is 4.14. The first-order valence-electron chi connectivity index (χ1n) is 5.26. The number of sulfone groups is 1. The molecule has 4 heteroatoms. The second-order valence-corrected chi connectivity index (χ2v) is 6.10. The zero-order valence-corrected chi connectivity index (χ0v) is 9.97. The molecule has 0 aromatic heterocycles. The van der Waals surface area contributed by atoms with Crippen molar-refractivity contribution in [2.45, 2.75) is 30.6 Å². The smallest absolute Gasteiger partial charge is 0.205 e. The van der Waals surface area contributed by atoms with Crippen LogP contribution in [0.25, 0.3) is 4.85 Å². The molecule has 2 rings (SSSR count). The normalized spacial score (nSPS) is 15.2. The Kier molecular flexibility index (Phi) is 2.73. The van der Waals surface area contributed by atoms with E-state index >= 15 is 0 Å². The van der Waals surface area contributed by atoms with Gasteiger partial charge in [-0.1, -0.05) is 12.1 Å². The Bertz CT molecular complexity index is 567. The van der Waals surface area contributed by atoms with Gasteiger partial charge in [-0.3, -0.25) is 0 Å². The van der Waals surface area contributed by atoms with Gasteiger partial charge in [0.15, 0.2) is 9.84 Å². The van der Waals surface area contributed by atoms with Crippen LogP contribution in [0.2, 0.25) is 0 Å². The lowest BCUT2D eigenvalue weighted by Crippen LogP contribution is -2.10. The molecule has 1 aliphatic carbocycles. The van der Waals surface area contributed by atoms with Gasteiger partial charge in [0.05, 0.1) is 11.5 Å². The standard InChI is InChI=1S/C12H13NO2S/c1-13-11-8-7-9-5-3-4-6-10(9)12(11)16(2,14)15/h7-8H,3-6H2,2H3. The van der Waals surface area contributed by atoms with Crippen LogP contribution in [-0.2, 0) is 22.7 Å². The molecule has 0 bridgehead atoms. The minimum absolute atomic E-state index is 0.264. The maximum absolute atomic E-state index is 11.7. The first-order chi connectivity index (χ1) is 7.54. The van der Waals surface area contributed by atoms with Crippen LogP contribution in [0.5, 0.6) is 0 Å². The van der Waals surface area contributed by atoms with E-state index in [1.807, 2.05) is 6.07 Å². The van der Waals surface area contributed by atoms with Crippen molar-refractivity contribution >= 4 is 15.5 Å². The topological polar surface area (TPSA) is 38.5 Å². The zero-order valence-electron chi connectivity index (χ0n) is 9.16. The summed E-state index contributed by atoms with van der Waals surface area (Å²) >= 11 is 0. The third-order valence-electron chi connectivity index (χ3n) is 2.95. The fraction of sp³-hybridized carbons (Fsp3) is 0.417. The van der Waals surface area contributed by atoms with E-state index in [2.05, 4.69) is 4.85 Å². The third kappa shape index (κ3) is 1.83. The summed E-state index contributed by atoms with van der Waals surface area (Å²) < 4.78 is 23.5. The van der Waals surface area contributed by atoms with Crippen molar-refractivity contribution in [2.75, 3.05) is 6.26 Å². The van der Waals surface area contributed by atoms with Crippen molar-refractivity contribution in [1.82, 2.24) is 0 Å². The maximum atomic E-state index is 11.7. The first-order valence-corrected chi connectivity index (χ1v) is 7.15. The molecular formula is C12H13NO2S. The van der Waals surface area contributed by atoms with E-state index < -0.39 is 9.84 Å². The van der Waals surface area contributed by atoms with E-state index in [0.29, 0.717) is 0 Å². The zero-order chi connectivity index (χ0) is 11.8. The van der Waals surface area contributed by atoms with E-state index in [0.717, 1.165) is 36.8 Å². The fourth-order valence-corrected chi connectivity index (χ4v) is 3.46. The van der Waals surface area contributed by atoms with Crippen LogP contribution in [0.3, 0.4) is 0 Å². The number of hydrogen-bond acceptors (Lipinski definition) is 2. The molecule has 0 atom stereocenters. The Morgan fingerprint density at radius 3 is 2.56 bits per heavy atom. The molecule has 0 saturated carbocycles. The highest BCUT2D eigenvalue weighted by atomic mass is 32.2. The molecule has 1 aromatic rings. The summed E-state index contributed by atoms with van der Waals surface area (Å²) in [6.07, 6.45) is 5.01. The molecular weight excluding hydrogens is 222 g/mol. The lowest BCUT2D eigenvalue weighted by atomic mass is 9.91. The monoisotopic (exact) mass is 235 g/mol. The van der Waals surface area contributed by atoms with Gasteiger partial charge in [-0.15, -0.1) is 0 Å². The molecule has 84 valence electrons. The number of rotatable bonds is 1. The van der Waals surface area contributed by atoms with Crippen molar-refractivity contribution < 1.29 is 8.42 Å². The molecule has 1 aliphatic rings. The summed E-state index contributed by atoms with van der Waals surface area (Å²) in [4.78, 5) is 3.58. The molecule has 3 nitrogen and oxygen atoms in total. The van der Waals surface area contributed by atoms with Crippen LogP contribution in [0.15, 0.2) is 17.0 Å². The number of benzene rings is 1. The molecule has 0 aliphatic heterocycles. The van der Waals surface area contributed by atoms with E-state index in [-0.39, 0.29) is 10.6 Å². The minimum Gasteiger partial charge on any atom is -0.237 e. The van der Waals surface area contributed by atoms with Crippen molar-refractivity contribution in [3.8, 4) is 0 Å². The van der Waals surface area contributed by atoms with Crippen molar-refractivity contribution in [2.24, 2.45) is 0 Å². The van der Waals surface area contributed by atoms with Gasteiger partial charge in [0.2, 0.25) is 5.69 Å². The summed E-state index contributed by atoms with van der Waals surface area (Å²) in [7, 11) is -3.30. The van der Waals surface area contributed by atoms with Crippen LogP contribution >= 0.6 is 0 Å². The van der Waals surface area contributed by atoms with Gasteiger partial charge in [0, 0.05) is 6.26 Å². The predicted molar refractivity (Wildman–Crippen MR) is 62.5 cm³/mol. The quantitative estimate of drug-likeness (QED) is 0.701. The van der Waals surface area contributed by atoms with Crippen LogP contribution in [0, 0.1) is 6.57 Å². The molecule has 16 heavy (non-hydrogen) atoms. The SMILES string of the molecule is [C-]#[N+]c1ccc2c(c1S(C)(=O)=O)CCCC2. The van der Waals surface area contributed by atoms with Crippen LogP contribution < -0.4 is 0 Å². The van der Waals surface area contributed by atoms with Crippen molar-refractivity contribution in [1.29, 1.82) is 0 Å². The summed E-state index contributed by atoms with van der Waals surface area (Å²) in [5.74, 6) is 0. The van der Waals surface area contributed by atoms with E-state index in [4.69, 9.17) is 6.57 Å². The van der Waals surface area contributed by atoms with Gasteiger partial charge in [-0.2, -0.15) is 0 Å². The molecule has 0 heterocycles. The van der Waals surface area contributed by atoms with Crippen molar-refractivity contribution in [3.63, 3.8) is 0 Å². The number of nitrogens with zero attached hydrogens (tertiary/aromatic N) is 1. The highest BCUT2D eigenvalue weighted by molar-refractivity contribution is 7.91. The largest absolute Gasteiger partial charge is 0.237 e. The first kappa shape index (κ1) is 11.2. The lowest BCUT2D eigenvalue weighted by molar-refractivity contribution is 0.598. The summed E-state index contributed by atoms with van der Waals surface area (Å²) in [5.41, 5.74) is 2.24. The molecule has 0 radical (unpaired) electrons. The van der Waals surface area contributed by atoms with Gasteiger partial charge >= 0.3 is 0 Å². The molecule has 0 N–H and O–H groups in total. The van der Waals surface area contributed by atoms with Crippen LogP contribution in [0.4, 0.5) is 5.69 Å². The number of aryl methyl sites for hydroxylation is 1. The Labute approximate surface area is 95.8 Å². The van der Waals surface area contributed by atoms with Crippen LogP contribution in [0.1, 0.15) is 24.0 Å².